The Balaban J connectivity index is 2.93. The lowest BCUT2D eigenvalue weighted by Gasteiger charge is -2.09. The van der Waals surface area contributed by atoms with Gasteiger partial charge in [-0.25, -0.2) is 4.39 Å². The molecule has 3 N–H and O–H groups in total. The van der Waals surface area contributed by atoms with Crippen LogP contribution >= 0.6 is 0 Å². The van der Waals surface area contributed by atoms with E-state index in [1.807, 2.05) is 0 Å². The van der Waals surface area contributed by atoms with E-state index in [-0.39, 0.29) is 11.8 Å². The second-order valence-electron chi connectivity index (χ2n) is 2.87. The Bertz CT molecular complexity index is 292. The molecule has 1 atom stereocenters. The van der Waals surface area contributed by atoms with Crippen molar-refractivity contribution in [3.8, 4) is 5.75 Å². The van der Waals surface area contributed by atoms with Crippen LogP contribution in [0.5, 0.6) is 5.75 Å². The van der Waals surface area contributed by atoms with Crippen molar-refractivity contribution in [3.05, 3.63) is 42.2 Å². The molecule has 0 spiro atoms. The molecule has 0 heterocycles. The molecule has 0 aliphatic rings. The van der Waals surface area contributed by atoms with Crippen LogP contribution in [-0.2, 0) is 0 Å². The first kappa shape index (κ1) is 9.74. The lowest BCUT2D eigenvalue weighted by atomic mass is 10.0. The highest BCUT2D eigenvalue weighted by Crippen LogP contribution is 2.20. The summed E-state index contributed by atoms with van der Waals surface area (Å²) in [5.41, 5.74) is 6.28. The van der Waals surface area contributed by atoms with E-state index in [1.165, 1.54) is 12.1 Å². The first-order valence-electron chi connectivity index (χ1n) is 3.99. The van der Waals surface area contributed by atoms with Gasteiger partial charge in [0.15, 0.2) is 0 Å². The van der Waals surface area contributed by atoms with Gasteiger partial charge in [-0.1, -0.05) is 6.08 Å². The Labute approximate surface area is 76.5 Å². The van der Waals surface area contributed by atoms with Gasteiger partial charge in [-0.3, -0.25) is 0 Å². The third kappa shape index (κ3) is 2.56. The predicted molar refractivity (Wildman–Crippen MR) is 49.8 cm³/mol. The maximum Gasteiger partial charge on any atom is 0.127 e. The number of benzene rings is 1. The zero-order valence-electron chi connectivity index (χ0n) is 7.20. The fraction of sp³-hybridized carbons (Fsp3) is 0.200. The number of phenolic OH excluding ortho intramolecular Hbond substituents is 1. The molecule has 0 bridgehead atoms. The average molecular weight is 181 g/mol. The topological polar surface area (TPSA) is 46.2 Å². The van der Waals surface area contributed by atoms with E-state index in [0.717, 1.165) is 6.07 Å². The molecular weight excluding hydrogens is 169 g/mol. The van der Waals surface area contributed by atoms with Gasteiger partial charge in [-0.05, 0) is 24.1 Å². The van der Waals surface area contributed by atoms with Crippen molar-refractivity contribution in [2.75, 3.05) is 0 Å². The molecule has 0 radical (unpaired) electrons. The zero-order valence-corrected chi connectivity index (χ0v) is 7.20. The smallest absolute Gasteiger partial charge is 0.127 e. The summed E-state index contributed by atoms with van der Waals surface area (Å²) in [4.78, 5) is 0. The van der Waals surface area contributed by atoms with E-state index in [4.69, 9.17) is 10.8 Å². The van der Waals surface area contributed by atoms with Crippen LogP contribution in [0.25, 0.3) is 0 Å². The van der Waals surface area contributed by atoms with Crippen LogP contribution in [0, 0.1) is 5.82 Å². The van der Waals surface area contributed by atoms with Crippen LogP contribution in [0.15, 0.2) is 30.9 Å². The Morgan fingerprint density at radius 2 is 2.23 bits per heavy atom. The lowest BCUT2D eigenvalue weighted by molar-refractivity contribution is 0.467. The van der Waals surface area contributed by atoms with Gasteiger partial charge < -0.3 is 10.8 Å². The summed E-state index contributed by atoms with van der Waals surface area (Å²) in [5, 5.41) is 9.09. The first-order chi connectivity index (χ1) is 6.13. The fourth-order valence-electron chi connectivity index (χ4n) is 1.13. The standard InChI is InChI=1S/C10H12FNO/c1-2-3-10(12)7-4-8(11)6-9(13)5-7/h2,4-6,10,13H,1,3,12H2. The SMILES string of the molecule is C=CCC(N)c1cc(O)cc(F)c1. The molecule has 0 saturated carbocycles. The molecule has 1 aromatic rings. The van der Waals surface area contributed by atoms with Gasteiger partial charge in [0.05, 0.1) is 0 Å². The van der Waals surface area contributed by atoms with E-state index in [1.54, 1.807) is 6.08 Å². The minimum absolute atomic E-state index is 0.102. The summed E-state index contributed by atoms with van der Waals surface area (Å²) in [5.74, 6) is -0.580. The van der Waals surface area contributed by atoms with E-state index in [9.17, 15) is 4.39 Å². The van der Waals surface area contributed by atoms with Crippen LogP contribution in [0.3, 0.4) is 0 Å². The van der Waals surface area contributed by atoms with Crippen molar-refractivity contribution in [1.82, 2.24) is 0 Å². The first-order valence-corrected chi connectivity index (χ1v) is 3.99. The Kier molecular flexibility index (Phi) is 3.03. The molecule has 0 amide bonds. The largest absolute Gasteiger partial charge is 0.508 e. The zero-order chi connectivity index (χ0) is 9.84. The van der Waals surface area contributed by atoms with Crippen LogP contribution < -0.4 is 5.73 Å². The van der Waals surface area contributed by atoms with Gasteiger partial charge in [0.2, 0.25) is 0 Å². The van der Waals surface area contributed by atoms with E-state index in [0.29, 0.717) is 12.0 Å². The van der Waals surface area contributed by atoms with E-state index >= 15 is 0 Å². The van der Waals surface area contributed by atoms with Crippen molar-refractivity contribution in [1.29, 1.82) is 0 Å². The van der Waals surface area contributed by atoms with Gasteiger partial charge in [-0.15, -0.1) is 6.58 Å². The highest BCUT2D eigenvalue weighted by molar-refractivity contribution is 5.30. The molecule has 3 heteroatoms. The quantitative estimate of drug-likeness (QED) is 0.701. The summed E-state index contributed by atoms with van der Waals surface area (Å²) < 4.78 is 12.8. The van der Waals surface area contributed by atoms with Crippen molar-refractivity contribution in [3.63, 3.8) is 0 Å². The molecule has 1 rings (SSSR count). The molecule has 0 aromatic heterocycles. The number of phenols is 1. The van der Waals surface area contributed by atoms with E-state index in [2.05, 4.69) is 6.58 Å². The van der Waals surface area contributed by atoms with Gasteiger partial charge in [-0.2, -0.15) is 0 Å². The number of halogens is 1. The molecule has 1 aromatic carbocycles. The van der Waals surface area contributed by atoms with Crippen LogP contribution in [0.4, 0.5) is 4.39 Å². The monoisotopic (exact) mass is 181 g/mol. The van der Waals surface area contributed by atoms with E-state index < -0.39 is 5.82 Å². The van der Waals surface area contributed by atoms with Crippen molar-refractivity contribution < 1.29 is 9.50 Å². The number of hydrogen-bond donors (Lipinski definition) is 2. The number of aromatic hydroxyl groups is 1. The molecule has 0 fully saturated rings. The number of hydrogen-bond acceptors (Lipinski definition) is 2. The molecule has 1 unspecified atom stereocenters. The van der Waals surface area contributed by atoms with Crippen LogP contribution in [0.2, 0.25) is 0 Å². The third-order valence-electron chi connectivity index (χ3n) is 1.75. The maximum atomic E-state index is 12.8. The van der Waals surface area contributed by atoms with Crippen LogP contribution in [0.1, 0.15) is 18.0 Å². The van der Waals surface area contributed by atoms with Gasteiger partial charge in [0.25, 0.3) is 0 Å². The molecule has 0 aliphatic heterocycles. The molecule has 70 valence electrons. The Morgan fingerprint density at radius 1 is 1.54 bits per heavy atom. The second kappa shape index (κ2) is 4.05. The summed E-state index contributed by atoms with van der Waals surface area (Å²) in [6, 6.07) is 3.51. The second-order valence-corrected chi connectivity index (χ2v) is 2.87. The third-order valence-corrected chi connectivity index (χ3v) is 1.75. The highest BCUT2D eigenvalue weighted by atomic mass is 19.1. The van der Waals surface area contributed by atoms with Crippen molar-refractivity contribution in [2.45, 2.75) is 12.5 Å². The normalized spacial score (nSPS) is 12.5. The summed E-state index contributed by atoms with van der Waals surface area (Å²) in [6.45, 7) is 3.53. The number of nitrogens with two attached hydrogens (primary N) is 1. The highest BCUT2D eigenvalue weighted by Gasteiger charge is 2.06. The lowest BCUT2D eigenvalue weighted by Crippen LogP contribution is -2.09. The maximum absolute atomic E-state index is 12.8. The molecule has 0 aliphatic carbocycles. The minimum Gasteiger partial charge on any atom is -0.508 e. The summed E-state index contributed by atoms with van der Waals surface area (Å²) in [7, 11) is 0. The van der Waals surface area contributed by atoms with Crippen molar-refractivity contribution in [2.24, 2.45) is 5.73 Å². The van der Waals surface area contributed by atoms with Crippen molar-refractivity contribution >= 4 is 0 Å². The molecular formula is C10H12FNO. The molecule has 13 heavy (non-hydrogen) atoms. The Hall–Kier alpha value is -1.35. The summed E-state index contributed by atoms with van der Waals surface area (Å²) >= 11 is 0. The fourth-order valence-corrected chi connectivity index (χ4v) is 1.13. The van der Waals surface area contributed by atoms with Crippen LogP contribution in [-0.4, -0.2) is 5.11 Å². The van der Waals surface area contributed by atoms with Gasteiger partial charge in [0, 0.05) is 12.1 Å². The average Bonchev–Trinajstić information content (AvgIpc) is 2.03. The Morgan fingerprint density at radius 3 is 2.77 bits per heavy atom. The minimum atomic E-state index is -0.477. The number of rotatable bonds is 3. The van der Waals surface area contributed by atoms with Gasteiger partial charge >= 0.3 is 0 Å². The summed E-state index contributed by atoms with van der Waals surface area (Å²) in [6.07, 6.45) is 2.22. The van der Waals surface area contributed by atoms with Gasteiger partial charge in [0.1, 0.15) is 11.6 Å². The molecule has 0 saturated heterocycles. The predicted octanol–water partition coefficient (Wildman–Crippen LogP) is 2.11. The molecule has 2 nitrogen and oxygen atoms in total.